The van der Waals surface area contributed by atoms with E-state index in [0.29, 0.717) is 16.9 Å². The molecule has 0 unspecified atom stereocenters. The van der Waals surface area contributed by atoms with E-state index in [4.69, 9.17) is 18.3 Å². The molecule has 0 aliphatic carbocycles. The van der Waals surface area contributed by atoms with Crippen LogP contribution in [0.4, 0.5) is 0 Å². The molecule has 0 saturated heterocycles. The molecule has 94 valence electrons. The number of hydrogen-bond acceptors (Lipinski definition) is 5. The summed E-state index contributed by atoms with van der Waals surface area (Å²) >= 11 is 0. The van der Waals surface area contributed by atoms with Crippen molar-refractivity contribution in [1.29, 1.82) is 0 Å². The summed E-state index contributed by atoms with van der Waals surface area (Å²) in [7, 11) is 0. The van der Waals surface area contributed by atoms with E-state index in [9.17, 15) is 4.79 Å². The highest BCUT2D eigenvalue weighted by molar-refractivity contribution is 5.79. The van der Waals surface area contributed by atoms with Gasteiger partial charge in [0.25, 0.3) is 0 Å². The van der Waals surface area contributed by atoms with Crippen molar-refractivity contribution in [3.8, 4) is 22.6 Å². The van der Waals surface area contributed by atoms with Gasteiger partial charge in [-0.25, -0.2) is 4.79 Å². The topological polar surface area (TPSA) is 61.8 Å². The molecule has 0 atom stereocenters. The fourth-order valence-electron chi connectivity index (χ4n) is 2.13. The first kappa shape index (κ1) is 10.3. The van der Waals surface area contributed by atoms with E-state index in [2.05, 4.69) is 0 Å². The van der Waals surface area contributed by atoms with E-state index in [-0.39, 0.29) is 6.79 Å². The van der Waals surface area contributed by atoms with Gasteiger partial charge in [-0.1, -0.05) is 12.1 Å². The fourth-order valence-corrected chi connectivity index (χ4v) is 2.13. The summed E-state index contributed by atoms with van der Waals surface area (Å²) in [5.41, 5.74) is 2.74. The number of hydrogen-bond donors (Lipinski definition) is 0. The van der Waals surface area contributed by atoms with Crippen LogP contribution in [0, 0.1) is 0 Å². The summed E-state index contributed by atoms with van der Waals surface area (Å²) in [6.45, 7) is 0.244. The lowest BCUT2D eigenvalue weighted by Gasteiger charge is -2.02. The Morgan fingerprint density at radius 2 is 1.53 bits per heavy atom. The van der Waals surface area contributed by atoms with E-state index in [0.717, 1.165) is 16.9 Å². The van der Waals surface area contributed by atoms with Crippen LogP contribution in [0.3, 0.4) is 0 Å². The SMILES string of the molecule is O=c1oc2ccc(-c3ccc4c(c3)OCO4)cc2o1. The predicted octanol–water partition coefficient (Wildman–Crippen LogP) is 2.78. The Hall–Kier alpha value is -2.69. The molecule has 19 heavy (non-hydrogen) atoms. The summed E-state index contributed by atoms with van der Waals surface area (Å²) in [6.07, 6.45) is 0. The Labute approximate surface area is 107 Å². The second-order valence-electron chi connectivity index (χ2n) is 4.18. The van der Waals surface area contributed by atoms with Crippen molar-refractivity contribution in [3.05, 3.63) is 47.0 Å². The molecule has 0 bridgehead atoms. The molecule has 1 aliphatic rings. The minimum absolute atomic E-state index is 0.244. The third kappa shape index (κ3) is 1.59. The number of fused-ring (bicyclic) bond motifs is 2. The molecule has 2 aromatic carbocycles. The van der Waals surface area contributed by atoms with Gasteiger partial charge >= 0.3 is 5.82 Å². The lowest BCUT2D eigenvalue weighted by atomic mass is 10.1. The highest BCUT2D eigenvalue weighted by atomic mass is 16.7. The van der Waals surface area contributed by atoms with E-state index >= 15 is 0 Å². The van der Waals surface area contributed by atoms with Crippen LogP contribution in [0.5, 0.6) is 11.5 Å². The third-order valence-corrected chi connectivity index (χ3v) is 3.04. The van der Waals surface area contributed by atoms with E-state index in [1.807, 2.05) is 24.3 Å². The highest BCUT2D eigenvalue weighted by Crippen LogP contribution is 2.36. The van der Waals surface area contributed by atoms with Crippen molar-refractivity contribution in [3.63, 3.8) is 0 Å². The molecule has 5 heteroatoms. The van der Waals surface area contributed by atoms with Crippen LogP contribution in [0.25, 0.3) is 22.3 Å². The lowest BCUT2D eigenvalue weighted by molar-refractivity contribution is 0.174. The molecule has 4 rings (SSSR count). The third-order valence-electron chi connectivity index (χ3n) is 3.04. The first-order chi connectivity index (χ1) is 9.29. The minimum Gasteiger partial charge on any atom is -0.454 e. The van der Waals surface area contributed by atoms with Crippen molar-refractivity contribution in [2.24, 2.45) is 0 Å². The smallest absolute Gasteiger partial charge is 0.454 e. The van der Waals surface area contributed by atoms with Crippen LogP contribution in [0.1, 0.15) is 0 Å². The Kier molecular flexibility index (Phi) is 1.97. The average molecular weight is 256 g/mol. The van der Waals surface area contributed by atoms with Gasteiger partial charge in [0.1, 0.15) is 0 Å². The van der Waals surface area contributed by atoms with Gasteiger partial charge < -0.3 is 18.3 Å². The average Bonchev–Trinajstić information content (AvgIpc) is 3.01. The normalized spacial score (nSPS) is 13.1. The zero-order valence-electron chi connectivity index (χ0n) is 9.71. The van der Waals surface area contributed by atoms with Crippen molar-refractivity contribution >= 4 is 11.2 Å². The maximum Gasteiger partial charge on any atom is 0.519 e. The first-order valence-electron chi connectivity index (χ1n) is 5.73. The standard InChI is InChI=1S/C14H8O5/c15-14-18-11-4-2-9(6-13(11)19-14)8-1-3-10-12(5-8)17-7-16-10/h1-6H,7H2. The van der Waals surface area contributed by atoms with Crippen LogP contribution in [-0.4, -0.2) is 6.79 Å². The molecular formula is C14H8O5. The van der Waals surface area contributed by atoms with Gasteiger partial charge in [-0.3, -0.25) is 0 Å². The quantitative estimate of drug-likeness (QED) is 0.670. The second kappa shape index (κ2) is 3.65. The fraction of sp³-hybridized carbons (Fsp3) is 0.0714. The maximum absolute atomic E-state index is 11.0. The van der Waals surface area contributed by atoms with Gasteiger partial charge in [0.2, 0.25) is 6.79 Å². The Morgan fingerprint density at radius 1 is 0.789 bits per heavy atom. The van der Waals surface area contributed by atoms with Gasteiger partial charge in [-0.15, -0.1) is 0 Å². The Balaban J connectivity index is 1.87. The van der Waals surface area contributed by atoms with Gasteiger partial charge in [0.05, 0.1) is 0 Å². The first-order valence-corrected chi connectivity index (χ1v) is 5.73. The molecule has 1 aromatic heterocycles. The summed E-state index contributed by atoms with van der Waals surface area (Å²) < 4.78 is 20.4. The number of rotatable bonds is 1. The molecule has 0 fully saturated rings. The van der Waals surface area contributed by atoms with Gasteiger partial charge in [-0.2, -0.15) is 0 Å². The summed E-state index contributed by atoms with van der Waals surface area (Å²) in [4.78, 5) is 11.0. The van der Waals surface area contributed by atoms with Gasteiger partial charge in [0, 0.05) is 0 Å². The van der Waals surface area contributed by atoms with Gasteiger partial charge in [-0.05, 0) is 35.4 Å². The van der Waals surface area contributed by atoms with E-state index in [1.54, 1.807) is 12.1 Å². The zero-order chi connectivity index (χ0) is 12.8. The van der Waals surface area contributed by atoms with Crippen molar-refractivity contribution in [2.45, 2.75) is 0 Å². The maximum atomic E-state index is 11.0. The Morgan fingerprint density at radius 3 is 2.47 bits per heavy atom. The molecule has 0 radical (unpaired) electrons. The molecule has 0 amide bonds. The summed E-state index contributed by atoms with van der Waals surface area (Å²) in [5.74, 6) is 0.753. The van der Waals surface area contributed by atoms with Crippen LogP contribution in [0.2, 0.25) is 0 Å². The predicted molar refractivity (Wildman–Crippen MR) is 66.3 cm³/mol. The van der Waals surface area contributed by atoms with Gasteiger partial charge in [0.15, 0.2) is 22.7 Å². The molecule has 2 heterocycles. The zero-order valence-corrected chi connectivity index (χ0v) is 9.71. The van der Waals surface area contributed by atoms with Crippen LogP contribution >= 0.6 is 0 Å². The van der Waals surface area contributed by atoms with Crippen LogP contribution in [0.15, 0.2) is 50.0 Å². The molecule has 1 aliphatic heterocycles. The summed E-state index contributed by atoms with van der Waals surface area (Å²) in [6, 6.07) is 11.0. The molecule has 0 spiro atoms. The van der Waals surface area contributed by atoms with E-state index < -0.39 is 5.82 Å². The van der Waals surface area contributed by atoms with Crippen LogP contribution < -0.4 is 15.3 Å². The lowest BCUT2D eigenvalue weighted by Crippen LogP contribution is -1.92. The molecule has 0 saturated carbocycles. The van der Waals surface area contributed by atoms with Crippen molar-refractivity contribution < 1.29 is 18.3 Å². The minimum atomic E-state index is -0.696. The largest absolute Gasteiger partial charge is 0.519 e. The molecule has 5 nitrogen and oxygen atoms in total. The van der Waals surface area contributed by atoms with Crippen LogP contribution in [-0.2, 0) is 0 Å². The molecular weight excluding hydrogens is 248 g/mol. The second-order valence-corrected chi connectivity index (χ2v) is 4.18. The Bertz CT molecular complexity index is 827. The summed E-state index contributed by atoms with van der Waals surface area (Å²) in [5, 5.41) is 0. The van der Waals surface area contributed by atoms with E-state index in [1.165, 1.54) is 0 Å². The highest BCUT2D eigenvalue weighted by Gasteiger charge is 2.14. The molecule has 3 aromatic rings. The van der Waals surface area contributed by atoms with Crippen molar-refractivity contribution in [2.75, 3.05) is 6.79 Å². The number of ether oxygens (including phenoxy) is 2. The number of benzene rings is 2. The monoisotopic (exact) mass is 256 g/mol. The van der Waals surface area contributed by atoms with Crippen molar-refractivity contribution in [1.82, 2.24) is 0 Å². The molecule has 0 N–H and O–H groups in total.